The Bertz CT molecular complexity index is 1440. The molecule has 174 valence electrons. The number of carbonyl (C=O) groups is 2. The first-order valence-electron chi connectivity index (χ1n) is 10.3. The number of anilines is 1. The van der Waals surface area contributed by atoms with Crippen molar-refractivity contribution >= 4 is 50.7 Å². The first-order chi connectivity index (χ1) is 16.3. The number of ether oxygens (including phenoxy) is 1. The number of halogens is 2. The van der Waals surface area contributed by atoms with Gasteiger partial charge in [-0.3, -0.25) is 14.2 Å². The maximum Gasteiger partial charge on any atom is 0.348 e. The van der Waals surface area contributed by atoms with E-state index >= 15 is 0 Å². The molecule has 0 saturated carbocycles. The predicted octanol–water partition coefficient (Wildman–Crippen LogP) is 4.60. The molecule has 4 aromatic rings. The molecular formula is C24H19ClFN3O4S. The third-order valence-corrected chi connectivity index (χ3v) is 6.56. The van der Waals surface area contributed by atoms with Crippen LogP contribution in [-0.2, 0) is 22.5 Å². The topological polar surface area (TPSA) is 90.3 Å². The summed E-state index contributed by atoms with van der Waals surface area (Å²) in [6, 6.07) is 13.4. The number of nitrogens with zero attached hydrogens (tertiary/aromatic N) is 2. The van der Waals surface area contributed by atoms with Crippen LogP contribution in [0.2, 0.25) is 5.02 Å². The van der Waals surface area contributed by atoms with Crippen LogP contribution in [0.5, 0.6) is 0 Å². The molecule has 4 rings (SSSR count). The van der Waals surface area contributed by atoms with Crippen LogP contribution in [0.3, 0.4) is 0 Å². The molecule has 0 aliphatic rings. The van der Waals surface area contributed by atoms with E-state index in [9.17, 15) is 18.8 Å². The van der Waals surface area contributed by atoms with Gasteiger partial charge in [0.1, 0.15) is 22.1 Å². The highest BCUT2D eigenvalue weighted by Crippen LogP contribution is 2.27. The van der Waals surface area contributed by atoms with Crippen molar-refractivity contribution in [1.29, 1.82) is 0 Å². The van der Waals surface area contributed by atoms with Crippen LogP contribution in [0.1, 0.15) is 20.8 Å². The summed E-state index contributed by atoms with van der Waals surface area (Å²) in [5, 5.41) is 2.69. The summed E-state index contributed by atoms with van der Waals surface area (Å²) in [5.41, 5.74) is 1.36. The van der Waals surface area contributed by atoms with Crippen molar-refractivity contribution in [2.75, 3.05) is 11.9 Å². The average molecular weight is 500 g/mol. The van der Waals surface area contributed by atoms with Gasteiger partial charge in [-0.25, -0.2) is 14.2 Å². The van der Waals surface area contributed by atoms with Gasteiger partial charge < -0.3 is 10.1 Å². The molecule has 2 heterocycles. The lowest BCUT2D eigenvalue weighted by molar-refractivity contribution is -0.116. The zero-order valence-electron chi connectivity index (χ0n) is 18.0. The van der Waals surface area contributed by atoms with Crippen LogP contribution >= 0.6 is 22.9 Å². The molecule has 0 bridgehead atoms. The smallest absolute Gasteiger partial charge is 0.348 e. The van der Waals surface area contributed by atoms with Gasteiger partial charge in [0.15, 0.2) is 0 Å². The Kier molecular flexibility index (Phi) is 7.04. The van der Waals surface area contributed by atoms with Gasteiger partial charge in [-0.15, -0.1) is 11.3 Å². The number of benzene rings is 2. The molecule has 0 saturated heterocycles. The number of thiophene rings is 1. The molecule has 2 aromatic carbocycles. The molecule has 10 heteroatoms. The fourth-order valence-corrected chi connectivity index (χ4v) is 4.58. The molecule has 2 aromatic heterocycles. The largest absolute Gasteiger partial charge is 0.461 e. The van der Waals surface area contributed by atoms with Crippen molar-refractivity contribution in [3.8, 4) is 0 Å². The van der Waals surface area contributed by atoms with Crippen LogP contribution in [0.4, 0.5) is 10.1 Å². The van der Waals surface area contributed by atoms with Crippen LogP contribution < -0.4 is 10.9 Å². The number of rotatable bonds is 7. The van der Waals surface area contributed by atoms with E-state index < -0.39 is 23.3 Å². The summed E-state index contributed by atoms with van der Waals surface area (Å²) in [5.74, 6) is -1.64. The van der Waals surface area contributed by atoms with Gasteiger partial charge in [-0.05, 0) is 36.2 Å². The second-order valence-electron chi connectivity index (χ2n) is 7.46. The maximum absolute atomic E-state index is 13.3. The Morgan fingerprint density at radius 1 is 1.21 bits per heavy atom. The minimum absolute atomic E-state index is 0.130. The molecule has 0 unspecified atom stereocenters. The van der Waals surface area contributed by atoms with E-state index in [1.807, 2.05) is 30.3 Å². The van der Waals surface area contributed by atoms with Crippen LogP contribution in [0, 0.1) is 12.7 Å². The zero-order valence-corrected chi connectivity index (χ0v) is 19.6. The molecule has 0 aliphatic heterocycles. The summed E-state index contributed by atoms with van der Waals surface area (Å²) < 4.78 is 19.8. The quantitative estimate of drug-likeness (QED) is 0.375. The van der Waals surface area contributed by atoms with Gasteiger partial charge >= 0.3 is 5.97 Å². The van der Waals surface area contributed by atoms with Crippen molar-refractivity contribution in [3.63, 3.8) is 0 Å². The number of esters is 1. The maximum atomic E-state index is 13.3. The normalized spacial score (nSPS) is 10.9. The Labute approximate surface area is 202 Å². The average Bonchev–Trinajstić information content (AvgIpc) is 3.16. The van der Waals surface area contributed by atoms with E-state index in [0.29, 0.717) is 27.4 Å². The molecular weight excluding hydrogens is 481 g/mol. The number of hydrogen-bond acceptors (Lipinski definition) is 6. The van der Waals surface area contributed by atoms with Crippen LogP contribution in [0.25, 0.3) is 10.2 Å². The van der Waals surface area contributed by atoms with Gasteiger partial charge in [0.25, 0.3) is 5.56 Å². The molecule has 0 aliphatic carbocycles. The zero-order chi connectivity index (χ0) is 24.2. The highest BCUT2D eigenvalue weighted by atomic mass is 35.5. The summed E-state index contributed by atoms with van der Waals surface area (Å²) in [7, 11) is 0. The number of amides is 1. The molecule has 0 spiro atoms. The standard InChI is InChI=1S/C24H19ClFN3O4S/c1-14-20-22(34-21(14)24(32)33-10-9-15-5-3-2-4-6-15)27-13-29(23(20)31)12-19(30)28-16-7-8-18(26)17(25)11-16/h2-8,11,13H,9-10,12H2,1H3,(H,28,30). The molecule has 0 radical (unpaired) electrons. The summed E-state index contributed by atoms with van der Waals surface area (Å²) in [6.45, 7) is 1.55. The van der Waals surface area contributed by atoms with Crippen LogP contribution in [-0.4, -0.2) is 28.0 Å². The molecule has 1 amide bonds. The molecule has 0 fully saturated rings. The molecule has 34 heavy (non-hydrogen) atoms. The lowest BCUT2D eigenvalue weighted by Crippen LogP contribution is -2.28. The highest BCUT2D eigenvalue weighted by Gasteiger charge is 2.21. The Morgan fingerprint density at radius 2 is 1.97 bits per heavy atom. The van der Waals surface area contributed by atoms with E-state index in [4.69, 9.17) is 16.3 Å². The number of carbonyl (C=O) groups excluding carboxylic acids is 2. The first-order valence-corrected chi connectivity index (χ1v) is 11.5. The number of nitrogens with one attached hydrogen (secondary N) is 1. The van der Waals surface area contributed by atoms with Crippen molar-refractivity contribution in [2.24, 2.45) is 0 Å². The van der Waals surface area contributed by atoms with Crippen molar-refractivity contribution in [2.45, 2.75) is 19.9 Å². The SMILES string of the molecule is Cc1c(C(=O)OCCc2ccccc2)sc2ncn(CC(=O)Nc3ccc(F)c(Cl)c3)c(=O)c12. The van der Waals surface area contributed by atoms with Gasteiger partial charge in [-0.2, -0.15) is 0 Å². The second-order valence-corrected chi connectivity index (χ2v) is 8.87. The number of hydrogen-bond donors (Lipinski definition) is 1. The van der Waals surface area contributed by atoms with Gasteiger partial charge in [0.2, 0.25) is 5.91 Å². The number of aryl methyl sites for hydroxylation is 1. The third kappa shape index (κ3) is 5.16. The Hall–Kier alpha value is -3.56. The van der Waals surface area contributed by atoms with Gasteiger partial charge in [-0.1, -0.05) is 41.9 Å². The lowest BCUT2D eigenvalue weighted by Gasteiger charge is -2.08. The van der Waals surface area contributed by atoms with E-state index in [0.717, 1.165) is 27.5 Å². The molecule has 1 N–H and O–H groups in total. The fraction of sp³-hybridized carbons (Fsp3) is 0.167. The minimum atomic E-state index is -0.604. The van der Waals surface area contributed by atoms with Gasteiger partial charge in [0, 0.05) is 12.1 Å². The summed E-state index contributed by atoms with van der Waals surface area (Å²) in [4.78, 5) is 42.9. The third-order valence-electron chi connectivity index (χ3n) is 5.09. The summed E-state index contributed by atoms with van der Waals surface area (Å²) in [6.07, 6.45) is 1.83. The van der Waals surface area contributed by atoms with Crippen molar-refractivity contribution in [3.05, 3.63) is 92.1 Å². The Morgan fingerprint density at radius 3 is 2.71 bits per heavy atom. The lowest BCUT2D eigenvalue weighted by atomic mass is 10.2. The summed E-state index contributed by atoms with van der Waals surface area (Å²) >= 11 is 6.80. The number of aromatic nitrogens is 2. The molecule has 0 atom stereocenters. The van der Waals surface area contributed by atoms with E-state index in [1.165, 1.54) is 18.5 Å². The van der Waals surface area contributed by atoms with E-state index in [-0.39, 0.29) is 23.6 Å². The first kappa shape index (κ1) is 23.6. The van der Waals surface area contributed by atoms with Crippen molar-refractivity contribution in [1.82, 2.24) is 9.55 Å². The number of fused-ring (bicyclic) bond motifs is 1. The fourth-order valence-electron chi connectivity index (χ4n) is 3.37. The van der Waals surface area contributed by atoms with Crippen molar-refractivity contribution < 1.29 is 18.7 Å². The molecule has 7 nitrogen and oxygen atoms in total. The monoisotopic (exact) mass is 499 g/mol. The van der Waals surface area contributed by atoms with E-state index in [2.05, 4.69) is 10.3 Å². The Balaban J connectivity index is 1.48. The van der Waals surface area contributed by atoms with E-state index in [1.54, 1.807) is 6.92 Å². The highest BCUT2D eigenvalue weighted by molar-refractivity contribution is 7.20. The second kappa shape index (κ2) is 10.1. The van der Waals surface area contributed by atoms with Crippen LogP contribution in [0.15, 0.2) is 59.7 Å². The van der Waals surface area contributed by atoms with Gasteiger partial charge in [0.05, 0.1) is 23.3 Å². The predicted molar refractivity (Wildman–Crippen MR) is 129 cm³/mol. The minimum Gasteiger partial charge on any atom is -0.461 e.